The molecule has 118 valence electrons. The van der Waals surface area contributed by atoms with E-state index in [0.29, 0.717) is 6.04 Å². The van der Waals surface area contributed by atoms with E-state index in [0.717, 1.165) is 23.6 Å². The van der Waals surface area contributed by atoms with Crippen molar-refractivity contribution in [1.29, 1.82) is 0 Å². The predicted molar refractivity (Wildman–Crippen MR) is 101 cm³/mol. The van der Waals surface area contributed by atoms with Gasteiger partial charge in [0, 0.05) is 0 Å². The molecule has 0 aromatic heterocycles. The van der Waals surface area contributed by atoms with E-state index < -0.39 is 20.4 Å². The molecule has 0 bridgehead atoms. The number of azo groups is 1. The molecule has 5 nitrogen and oxygen atoms in total. The third-order valence-corrected chi connectivity index (χ3v) is 8.21. The molecule has 1 unspecified atom stereocenters. The van der Waals surface area contributed by atoms with Crippen molar-refractivity contribution in [2.24, 2.45) is 13.4 Å². The fraction of sp³-hybridized carbons (Fsp3) is 0.438. The Balaban J connectivity index is 1.83. The van der Waals surface area contributed by atoms with Crippen LogP contribution in [-0.2, 0) is 6.42 Å². The average Bonchev–Trinajstić information content (AvgIpc) is 2.76. The Bertz CT molecular complexity index is 679. The van der Waals surface area contributed by atoms with Gasteiger partial charge in [0.1, 0.15) is 0 Å². The molecule has 1 atom stereocenters. The molecular weight excluding hydrogens is 389 g/mol. The first kappa shape index (κ1) is 15.5. The number of anilines is 1. The number of alkyl halides is 1. The van der Waals surface area contributed by atoms with Gasteiger partial charge in [-0.2, -0.15) is 0 Å². The van der Waals surface area contributed by atoms with Gasteiger partial charge in [-0.1, -0.05) is 0 Å². The molecule has 0 amide bonds. The molecule has 2 aliphatic heterocycles. The zero-order chi connectivity index (χ0) is 15.9. The van der Waals surface area contributed by atoms with Crippen LogP contribution in [-0.4, -0.2) is 33.9 Å². The molecule has 1 aromatic rings. The van der Waals surface area contributed by atoms with E-state index in [2.05, 4.69) is 59.5 Å². The molecule has 2 heterocycles. The zero-order valence-electron chi connectivity index (χ0n) is 13.7. The molecular formula is C16H22IN5. The van der Waals surface area contributed by atoms with Gasteiger partial charge in [0.25, 0.3) is 0 Å². The normalized spacial score (nSPS) is 23.0. The first-order valence-corrected chi connectivity index (χ1v) is 11.4. The van der Waals surface area contributed by atoms with Crippen molar-refractivity contribution in [2.45, 2.75) is 26.3 Å². The Morgan fingerprint density at radius 2 is 2.05 bits per heavy atom. The monoisotopic (exact) mass is 411 g/mol. The Labute approximate surface area is 139 Å². The third kappa shape index (κ3) is 2.88. The van der Waals surface area contributed by atoms with E-state index in [1.54, 1.807) is 0 Å². The number of benzene rings is 1. The van der Waals surface area contributed by atoms with Crippen molar-refractivity contribution in [3.63, 3.8) is 0 Å². The van der Waals surface area contributed by atoms with Crippen molar-refractivity contribution < 1.29 is 0 Å². The summed E-state index contributed by atoms with van der Waals surface area (Å²) in [5.41, 5.74) is 4.65. The molecule has 0 saturated carbocycles. The van der Waals surface area contributed by atoms with Gasteiger partial charge in [-0.3, -0.25) is 0 Å². The Morgan fingerprint density at radius 1 is 1.27 bits per heavy atom. The number of hydrogen-bond acceptors (Lipinski definition) is 5. The molecule has 0 fully saturated rings. The van der Waals surface area contributed by atoms with Crippen molar-refractivity contribution in [3.8, 4) is 0 Å². The molecule has 0 radical (unpaired) electrons. The first-order chi connectivity index (χ1) is 10.5. The number of likely N-dealkylation sites (N-methyl/N-ethyl adjacent to an activating group) is 1. The number of allylic oxidation sites excluding steroid dienone is 1. The molecule has 0 N–H and O–H groups in total. The van der Waals surface area contributed by atoms with Crippen LogP contribution in [0.25, 0.3) is 0 Å². The second-order valence-electron chi connectivity index (χ2n) is 5.80. The van der Waals surface area contributed by atoms with E-state index in [-0.39, 0.29) is 0 Å². The van der Waals surface area contributed by atoms with Gasteiger partial charge in [0.05, 0.1) is 0 Å². The fourth-order valence-electron chi connectivity index (χ4n) is 2.71. The van der Waals surface area contributed by atoms with Crippen LogP contribution in [0.2, 0.25) is 0 Å². The van der Waals surface area contributed by atoms with Gasteiger partial charge in [-0.25, -0.2) is 0 Å². The van der Waals surface area contributed by atoms with Crippen LogP contribution in [0.3, 0.4) is 0 Å². The molecule has 2 aliphatic rings. The molecule has 22 heavy (non-hydrogen) atoms. The van der Waals surface area contributed by atoms with Crippen LogP contribution in [0.1, 0.15) is 19.4 Å². The summed E-state index contributed by atoms with van der Waals surface area (Å²) in [6.45, 7) is 4.28. The Kier molecular flexibility index (Phi) is 4.20. The second-order valence-corrected chi connectivity index (χ2v) is 10.1. The van der Waals surface area contributed by atoms with Gasteiger partial charge in [-0.15, -0.1) is 0 Å². The summed E-state index contributed by atoms with van der Waals surface area (Å²) in [5.74, 6) is 0.922. The minimum atomic E-state index is -1.44. The minimum absolute atomic E-state index is 0.556. The third-order valence-electron chi connectivity index (χ3n) is 4.16. The summed E-state index contributed by atoms with van der Waals surface area (Å²) in [6, 6.07) is 6.91. The van der Waals surface area contributed by atoms with Crippen LogP contribution in [0.15, 0.2) is 43.5 Å². The van der Waals surface area contributed by atoms with E-state index >= 15 is 0 Å². The Hall–Kier alpha value is -1.44. The van der Waals surface area contributed by atoms with Crippen LogP contribution >= 0.6 is 20.4 Å². The summed E-state index contributed by atoms with van der Waals surface area (Å²) in [4.78, 5) is 4.53. The van der Waals surface area contributed by atoms with Crippen molar-refractivity contribution in [1.82, 2.24) is 3.11 Å². The number of nitrogens with zero attached hydrogens (tertiary/aromatic N) is 5. The zero-order valence-corrected chi connectivity index (χ0v) is 15.9. The quantitative estimate of drug-likeness (QED) is 0.314. The molecule has 0 saturated heterocycles. The van der Waals surface area contributed by atoms with E-state index in [9.17, 15) is 0 Å². The van der Waals surface area contributed by atoms with Gasteiger partial charge < -0.3 is 0 Å². The molecule has 0 spiro atoms. The molecule has 1 aromatic carbocycles. The van der Waals surface area contributed by atoms with Gasteiger partial charge in [-0.05, 0) is 0 Å². The van der Waals surface area contributed by atoms with E-state index in [4.69, 9.17) is 0 Å². The summed E-state index contributed by atoms with van der Waals surface area (Å²) in [7, 11) is 4.21. The van der Waals surface area contributed by atoms with Crippen molar-refractivity contribution >= 4 is 37.5 Å². The van der Waals surface area contributed by atoms with Crippen molar-refractivity contribution in [3.05, 3.63) is 35.7 Å². The van der Waals surface area contributed by atoms with Crippen LogP contribution in [0.5, 0.6) is 0 Å². The molecule has 6 heteroatoms. The van der Waals surface area contributed by atoms with Crippen LogP contribution in [0, 0.1) is 0 Å². The topological polar surface area (TPSA) is 43.6 Å². The summed E-state index contributed by atoms with van der Waals surface area (Å²) in [6.07, 6.45) is 3.08. The standard InChI is InChI=1S/C16H22IN5/c1-11-8-16(22(5)17(3)18-11)20-19-14-6-7-15-13(10-14)9-12(2)21(15)4/h6-8,10,12H,9H2,1-5H3. The first-order valence-electron chi connectivity index (χ1n) is 7.34. The van der Waals surface area contributed by atoms with E-state index in [1.807, 2.05) is 19.1 Å². The van der Waals surface area contributed by atoms with Crippen LogP contribution < -0.4 is 4.90 Å². The molecule has 0 aliphatic carbocycles. The maximum atomic E-state index is 4.65. The fourth-order valence-corrected chi connectivity index (χ4v) is 5.22. The van der Waals surface area contributed by atoms with Crippen molar-refractivity contribution in [2.75, 3.05) is 23.9 Å². The van der Waals surface area contributed by atoms with E-state index in [1.165, 1.54) is 11.3 Å². The predicted octanol–water partition coefficient (Wildman–Crippen LogP) is 4.37. The van der Waals surface area contributed by atoms with Gasteiger partial charge >= 0.3 is 140 Å². The molecule has 3 rings (SSSR count). The number of rotatable bonds is 2. The summed E-state index contributed by atoms with van der Waals surface area (Å²) < 4.78 is 6.83. The van der Waals surface area contributed by atoms with Crippen LogP contribution in [0.4, 0.5) is 11.4 Å². The summed E-state index contributed by atoms with van der Waals surface area (Å²) >= 11 is -1.44. The SMILES string of the molecule is CC1=NI(C)N(C)C(N=Nc2ccc3c(c2)CC(C)N3C)=C1. The summed E-state index contributed by atoms with van der Waals surface area (Å²) in [5, 5.41) is 8.90. The number of fused-ring (bicyclic) bond motifs is 1. The van der Waals surface area contributed by atoms with Gasteiger partial charge in [0.2, 0.25) is 0 Å². The number of halogens is 1. The Morgan fingerprint density at radius 3 is 2.82 bits per heavy atom. The second kappa shape index (κ2) is 5.98. The average molecular weight is 411 g/mol. The van der Waals surface area contributed by atoms with Gasteiger partial charge in [0.15, 0.2) is 0 Å². The number of hydrogen-bond donors (Lipinski definition) is 0. The maximum absolute atomic E-state index is 4.65.